The van der Waals surface area contributed by atoms with Crippen molar-refractivity contribution in [2.45, 2.75) is 19.4 Å². The van der Waals surface area contributed by atoms with Gasteiger partial charge in [-0.3, -0.25) is 0 Å². The largest absolute Gasteiger partial charge is 0.381 e. The summed E-state index contributed by atoms with van der Waals surface area (Å²) in [6.07, 6.45) is 4.01. The van der Waals surface area contributed by atoms with Crippen molar-refractivity contribution in [3.05, 3.63) is 18.0 Å². The van der Waals surface area contributed by atoms with E-state index in [0.717, 1.165) is 38.0 Å². The van der Waals surface area contributed by atoms with Gasteiger partial charge in [0.15, 0.2) is 0 Å². The second-order valence-electron chi connectivity index (χ2n) is 3.67. The third kappa shape index (κ3) is 2.82. The molecule has 1 N–H and O–H groups in total. The van der Waals surface area contributed by atoms with Crippen molar-refractivity contribution in [1.82, 2.24) is 10.5 Å². The highest BCUT2D eigenvalue weighted by molar-refractivity contribution is 4.91. The molecule has 1 aliphatic rings. The van der Waals surface area contributed by atoms with E-state index < -0.39 is 0 Å². The molecule has 4 nitrogen and oxygen atoms in total. The zero-order valence-corrected chi connectivity index (χ0v) is 8.24. The molecule has 0 aromatic carbocycles. The first-order chi connectivity index (χ1) is 6.95. The number of hydrogen-bond donors (Lipinski definition) is 1. The van der Waals surface area contributed by atoms with Crippen molar-refractivity contribution in [3.8, 4) is 0 Å². The molecule has 0 saturated carbocycles. The summed E-state index contributed by atoms with van der Waals surface area (Å²) in [5, 5.41) is 7.02. The van der Waals surface area contributed by atoms with Crippen LogP contribution in [0.1, 0.15) is 18.6 Å². The Morgan fingerprint density at radius 1 is 1.43 bits per heavy atom. The maximum atomic E-state index is 5.30. The van der Waals surface area contributed by atoms with Crippen LogP contribution in [0.25, 0.3) is 0 Å². The van der Waals surface area contributed by atoms with Crippen LogP contribution in [0.4, 0.5) is 0 Å². The summed E-state index contributed by atoms with van der Waals surface area (Å²) in [5.41, 5.74) is 0. The second-order valence-corrected chi connectivity index (χ2v) is 3.67. The van der Waals surface area contributed by atoms with Crippen molar-refractivity contribution in [2.75, 3.05) is 19.8 Å². The average molecular weight is 196 g/mol. The van der Waals surface area contributed by atoms with Crippen LogP contribution in [0.3, 0.4) is 0 Å². The van der Waals surface area contributed by atoms with E-state index in [1.165, 1.54) is 12.8 Å². The summed E-state index contributed by atoms with van der Waals surface area (Å²) in [6.45, 7) is 3.64. The Hall–Kier alpha value is -0.870. The minimum atomic E-state index is 0.756. The molecule has 0 aliphatic carbocycles. The smallest absolute Gasteiger partial charge is 0.150 e. The molecule has 2 rings (SSSR count). The minimum Gasteiger partial charge on any atom is -0.381 e. The van der Waals surface area contributed by atoms with Gasteiger partial charge in [0.25, 0.3) is 0 Å². The fraction of sp³-hybridized carbons (Fsp3) is 0.700. The first kappa shape index (κ1) is 9.68. The molecule has 0 amide bonds. The summed E-state index contributed by atoms with van der Waals surface area (Å²) in [4.78, 5) is 0. The zero-order valence-electron chi connectivity index (χ0n) is 8.24. The quantitative estimate of drug-likeness (QED) is 0.785. The predicted molar refractivity (Wildman–Crippen MR) is 51.8 cm³/mol. The Morgan fingerprint density at radius 2 is 2.29 bits per heavy atom. The lowest BCUT2D eigenvalue weighted by Crippen LogP contribution is -2.27. The molecule has 1 fully saturated rings. The molecule has 0 spiro atoms. The first-order valence-electron chi connectivity index (χ1n) is 5.13. The molecular formula is C10H16N2O2. The molecule has 0 atom stereocenters. The van der Waals surface area contributed by atoms with E-state index in [1.807, 2.05) is 6.07 Å². The topological polar surface area (TPSA) is 47.3 Å². The SMILES string of the molecule is c1cc(CNCC2CCOCC2)on1. The van der Waals surface area contributed by atoms with E-state index in [1.54, 1.807) is 6.20 Å². The highest BCUT2D eigenvalue weighted by Gasteiger charge is 2.12. The van der Waals surface area contributed by atoms with E-state index in [0.29, 0.717) is 0 Å². The maximum absolute atomic E-state index is 5.30. The molecule has 0 unspecified atom stereocenters. The highest BCUT2D eigenvalue weighted by Crippen LogP contribution is 2.13. The van der Waals surface area contributed by atoms with Crippen LogP contribution in [0.15, 0.2) is 16.8 Å². The Bertz CT molecular complexity index is 243. The predicted octanol–water partition coefficient (Wildman–Crippen LogP) is 1.19. The number of aromatic nitrogens is 1. The molecule has 1 aromatic rings. The standard InChI is InChI=1S/C10H16N2O2/c1-4-12-14-10(1)8-11-7-9-2-5-13-6-3-9/h1,4,9,11H,2-3,5-8H2. The van der Waals surface area contributed by atoms with Gasteiger partial charge in [0.05, 0.1) is 12.7 Å². The van der Waals surface area contributed by atoms with Crippen LogP contribution >= 0.6 is 0 Å². The average Bonchev–Trinajstić information content (AvgIpc) is 2.72. The van der Waals surface area contributed by atoms with Crippen molar-refractivity contribution < 1.29 is 9.26 Å². The number of nitrogens with one attached hydrogen (secondary N) is 1. The fourth-order valence-corrected chi connectivity index (χ4v) is 1.68. The molecule has 0 radical (unpaired) electrons. The normalized spacial score (nSPS) is 18.6. The van der Waals surface area contributed by atoms with Gasteiger partial charge in [-0.05, 0) is 25.3 Å². The number of hydrogen-bond acceptors (Lipinski definition) is 4. The van der Waals surface area contributed by atoms with E-state index in [9.17, 15) is 0 Å². The Morgan fingerprint density at radius 3 is 3.00 bits per heavy atom. The summed E-state index contributed by atoms with van der Waals surface area (Å²) < 4.78 is 10.3. The third-order valence-corrected chi connectivity index (χ3v) is 2.56. The molecule has 1 saturated heterocycles. The monoisotopic (exact) mass is 196 g/mol. The summed E-state index contributed by atoms with van der Waals surface area (Å²) >= 11 is 0. The molecular weight excluding hydrogens is 180 g/mol. The van der Waals surface area contributed by atoms with Gasteiger partial charge in [-0.15, -0.1) is 0 Å². The van der Waals surface area contributed by atoms with Gasteiger partial charge in [0.2, 0.25) is 0 Å². The van der Waals surface area contributed by atoms with E-state index in [2.05, 4.69) is 10.5 Å². The van der Waals surface area contributed by atoms with Crippen molar-refractivity contribution >= 4 is 0 Å². The number of nitrogens with zero attached hydrogens (tertiary/aromatic N) is 1. The van der Waals surface area contributed by atoms with Gasteiger partial charge >= 0.3 is 0 Å². The van der Waals surface area contributed by atoms with Crippen LogP contribution in [-0.2, 0) is 11.3 Å². The lowest BCUT2D eigenvalue weighted by molar-refractivity contribution is 0.0661. The van der Waals surface area contributed by atoms with Crippen molar-refractivity contribution in [2.24, 2.45) is 5.92 Å². The number of rotatable bonds is 4. The highest BCUT2D eigenvalue weighted by atomic mass is 16.5. The van der Waals surface area contributed by atoms with Crippen LogP contribution < -0.4 is 5.32 Å². The van der Waals surface area contributed by atoms with E-state index in [-0.39, 0.29) is 0 Å². The lowest BCUT2D eigenvalue weighted by atomic mass is 10.0. The van der Waals surface area contributed by atoms with Crippen LogP contribution in [0.2, 0.25) is 0 Å². The Balaban J connectivity index is 1.62. The van der Waals surface area contributed by atoms with Gasteiger partial charge in [0, 0.05) is 19.3 Å². The van der Waals surface area contributed by atoms with E-state index >= 15 is 0 Å². The molecule has 2 heterocycles. The minimum absolute atomic E-state index is 0.756. The van der Waals surface area contributed by atoms with Gasteiger partial charge in [0.1, 0.15) is 5.76 Å². The van der Waals surface area contributed by atoms with Crippen LogP contribution in [0, 0.1) is 5.92 Å². The van der Waals surface area contributed by atoms with Gasteiger partial charge in [-0.2, -0.15) is 0 Å². The maximum Gasteiger partial charge on any atom is 0.150 e. The Kier molecular flexibility index (Phi) is 3.54. The first-order valence-corrected chi connectivity index (χ1v) is 5.13. The van der Waals surface area contributed by atoms with Crippen LogP contribution in [0.5, 0.6) is 0 Å². The van der Waals surface area contributed by atoms with Gasteiger partial charge in [-0.1, -0.05) is 5.16 Å². The molecule has 0 bridgehead atoms. The summed E-state index contributed by atoms with van der Waals surface area (Å²) in [7, 11) is 0. The second kappa shape index (κ2) is 5.12. The number of ether oxygens (including phenoxy) is 1. The molecule has 1 aromatic heterocycles. The molecule has 4 heteroatoms. The van der Waals surface area contributed by atoms with Gasteiger partial charge < -0.3 is 14.6 Å². The molecule has 14 heavy (non-hydrogen) atoms. The van der Waals surface area contributed by atoms with Crippen molar-refractivity contribution in [1.29, 1.82) is 0 Å². The van der Waals surface area contributed by atoms with Crippen LogP contribution in [-0.4, -0.2) is 24.9 Å². The molecule has 78 valence electrons. The summed E-state index contributed by atoms with van der Waals surface area (Å²) in [6, 6.07) is 1.89. The lowest BCUT2D eigenvalue weighted by Gasteiger charge is -2.21. The Labute approximate surface area is 83.6 Å². The zero-order chi connectivity index (χ0) is 9.64. The summed E-state index contributed by atoms with van der Waals surface area (Å²) in [5.74, 6) is 1.66. The van der Waals surface area contributed by atoms with E-state index in [4.69, 9.17) is 9.26 Å². The molecule has 1 aliphatic heterocycles. The van der Waals surface area contributed by atoms with Gasteiger partial charge in [-0.25, -0.2) is 0 Å². The van der Waals surface area contributed by atoms with Crippen molar-refractivity contribution in [3.63, 3.8) is 0 Å². The third-order valence-electron chi connectivity index (χ3n) is 2.56. The fourth-order valence-electron chi connectivity index (χ4n) is 1.68.